The minimum atomic E-state index is -0.316. The first-order valence-electron chi connectivity index (χ1n) is 10.3. The van der Waals surface area contributed by atoms with E-state index in [4.69, 9.17) is 0 Å². The van der Waals surface area contributed by atoms with E-state index >= 15 is 0 Å². The third-order valence-electron chi connectivity index (χ3n) is 5.47. The van der Waals surface area contributed by atoms with Crippen molar-refractivity contribution in [3.8, 4) is 0 Å². The minimum absolute atomic E-state index is 0.0433. The number of carbonyl (C=O) groups is 2. The Bertz CT molecular complexity index is 980. The molecule has 5 heteroatoms. The Morgan fingerprint density at radius 1 is 0.700 bits per heavy atom. The number of para-hydroxylation sites is 1. The van der Waals surface area contributed by atoms with Crippen LogP contribution in [0.15, 0.2) is 84.9 Å². The van der Waals surface area contributed by atoms with Crippen LogP contribution in [0.5, 0.6) is 0 Å². The van der Waals surface area contributed by atoms with E-state index in [0.717, 1.165) is 31.6 Å². The highest BCUT2D eigenvalue weighted by Gasteiger charge is 2.24. The van der Waals surface area contributed by atoms with Crippen molar-refractivity contribution in [1.82, 2.24) is 4.90 Å². The number of piperidine rings is 1. The van der Waals surface area contributed by atoms with Gasteiger partial charge in [-0.25, -0.2) is 4.79 Å². The van der Waals surface area contributed by atoms with E-state index in [1.807, 2.05) is 41.3 Å². The number of likely N-dealkylation sites (tertiary alicyclic amines) is 1. The average molecular weight is 399 g/mol. The molecule has 1 saturated heterocycles. The van der Waals surface area contributed by atoms with Crippen molar-refractivity contribution in [2.24, 2.45) is 0 Å². The standard InChI is InChI=1S/C25H25N3O2/c29-24(28-17-15-20(16-18-28)19-7-3-1-4-8-19)21-11-13-23(14-12-21)27-25(30)26-22-9-5-2-6-10-22/h1-14,20H,15-18H2,(H2,26,27,30). The second-order valence-electron chi connectivity index (χ2n) is 7.50. The van der Waals surface area contributed by atoms with Crippen LogP contribution in [0.3, 0.4) is 0 Å². The molecule has 0 bridgehead atoms. The van der Waals surface area contributed by atoms with Crippen LogP contribution in [0.1, 0.15) is 34.7 Å². The molecule has 152 valence electrons. The minimum Gasteiger partial charge on any atom is -0.339 e. The topological polar surface area (TPSA) is 61.4 Å². The van der Waals surface area contributed by atoms with Crippen LogP contribution in [0, 0.1) is 0 Å². The van der Waals surface area contributed by atoms with E-state index in [-0.39, 0.29) is 11.9 Å². The molecule has 0 atom stereocenters. The lowest BCUT2D eigenvalue weighted by molar-refractivity contribution is 0.0713. The second kappa shape index (κ2) is 9.27. The molecule has 1 aliphatic heterocycles. The molecule has 1 fully saturated rings. The molecule has 5 nitrogen and oxygen atoms in total. The van der Waals surface area contributed by atoms with Crippen LogP contribution < -0.4 is 10.6 Å². The maximum absolute atomic E-state index is 12.8. The first-order valence-corrected chi connectivity index (χ1v) is 10.3. The number of urea groups is 1. The van der Waals surface area contributed by atoms with E-state index in [9.17, 15) is 9.59 Å². The van der Waals surface area contributed by atoms with Crippen LogP contribution in [0.4, 0.5) is 16.2 Å². The molecule has 30 heavy (non-hydrogen) atoms. The third-order valence-corrected chi connectivity index (χ3v) is 5.47. The van der Waals surface area contributed by atoms with Gasteiger partial charge in [0.25, 0.3) is 5.91 Å². The Kier molecular flexibility index (Phi) is 6.09. The van der Waals surface area contributed by atoms with Crippen molar-refractivity contribution in [3.63, 3.8) is 0 Å². The van der Waals surface area contributed by atoms with Gasteiger partial charge in [-0.05, 0) is 60.7 Å². The van der Waals surface area contributed by atoms with Gasteiger partial charge in [0.05, 0.1) is 0 Å². The lowest BCUT2D eigenvalue weighted by Gasteiger charge is -2.32. The highest BCUT2D eigenvalue weighted by molar-refractivity contribution is 6.00. The van der Waals surface area contributed by atoms with Crippen molar-refractivity contribution < 1.29 is 9.59 Å². The molecule has 3 amide bonds. The van der Waals surface area contributed by atoms with Crippen LogP contribution >= 0.6 is 0 Å². The van der Waals surface area contributed by atoms with Crippen molar-refractivity contribution in [2.45, 2.75) is 18.8 Å². The molecule has 0 saturated carbocycles. The monoisotopic (exact) mass is 399 g/mol. The fraction of sp³-hybridized carbons (Fsp3) is 0.200. The highest BCUT2D eigenvalue weighted by Crippen LogP contribution is 2.28. The molecule has 2 N–H and O–H groups in total. The summed E-state index contributed by atoms with van der Waals surface area (Å²) in [6.45, 7) is 1.52. The zero-order valence-corrected chi connectivity index (χ0v) is 16.8. The SMILES string of the molecule is O=C(Nc1ccccc1)Nc1ccc(C(=O)N2CCC(c3ccccc3)CC2)cc1. The molecule has 1 aliphatic rings. The molecule has 0 unspecified atom stereocenters. The summed E-state index contributed by atoms with van der Waals surface area (Å²) in [5.41, 5.74) is 3.36. The first kappa shape index (κ1) is 19.7. The summed E-state index contributed by atoms with van der Waals surface area (Å²) in [5.74, 6) is 0.562. The predicted molar refractivity (Wildman–Crippen MR) is 120 cm³/mol. The Morgan fingerprint density at radius 3 is 1.83 bits per heavy atom. The van der Waals surface area contributed by atoms with E-state index in [2.05, 4.69) is 34.9 Å². The van der Waals surface area contributed by atoms with Gasteiger partial charge in [0.15, 0.2) is 0 Å². The van der Waals surface area contributed by atoms with Crippen molar-refractivity contribution in [1.29, 1.82) is 0 Å². The summed E-state index contributed by atoms with van der Waals surface area (Å²) < 4.78 is 0. The molecule has 0 aromatic heterocycles. The number of amides is 3. The molecular formula is C25H25N3O2. The third kappa shape index (κ3) is 4.87. The number of benzene rings is 3. The maximum atomic E-state index is 12.8. The molecule has 1 heterocycles. The van der Waals surface area contributed by atoms with Gasteiger partial charge in [-0.2, -0.15) is 0 Å². The van der Waals surface area contributed by atoms with Gasteiger partial charge in [-0.1, -0.05) is 48.5 Å². The van der Waals surface area contributed by atoms with Gasteiger partial charge in [-0.15, -0.1) is 0 Å². The van der Waals surface area contributed by atoms with Gasteiger partial charge < -0.3 is 15.5 Å². The normalized spacial score (nSPS) is 14.2. The van der Waals surface area contributed by atoms with E-state index in [0.29, 0.717) is 17.2 Å². The van der Waals surface area contributed by atoms with Crippen LogP contribution in [-0.2, 0) is 0 Å². The molecule has 3 aromatic rings. The van der Waals surface area contributed by atoms with Gasteiger partial charge in [0, 0.05) is 30.0 Å². The summed E-state index contributed by atoms with van der Waals surface area (Å²) in [4.78, 5) is 26.9. The molecule has 4 rings (SSSR count). The average Bonchev–Trinajstić information content (AvgIpc) is 2.80. The van der Waals surface area contributed by atoms with E-state index in [1.165, 1.54) is 5.56 Å². The Balaban J connectivity index is 1.30. The van der Waals surface area contributed by atoms with Gasteiger partial charge in [0.1, 0.15) is 0 Å². The number of rotatable bonds is 4. The van der Waals surface area contributed by atoms with E-state index < -0.39 is 0 Å². The zero-order valence-electron chi connectivity index (χ0n) is 16.8. The summed E-state index contributed by atoms with van der Waals surface area (Å²) in [7, 11) is 0. The molecule has 3 aromatic carbocycles. The quantitative estimate of drug-likeness (QED) is 0.621. The number of hydrogen-bond donors (Lipinski definition) is 2. The number of nitrogens with zero attached hydrogens (tertiary/aromatic N) is 1. The summed E-state index contributed by atoms with van der Waals surface area (Å²) in [5, 5.41) is 5.56. The van der Waals surface area contributed by atoms with Gasteiger partial charge in [-0.3, -0.25) is 4.79 Å². The summed E-state index contributed by atoms with van der Waals surface area (Å²) >= 11 is 0. The summed E-state index contributed by atoms with van der Waals surface area (Å²) in [6.07, 6.45) is 1.96. The summed E-state index contributed by atoms with van der Waals surface area (Å²) in [6, 6.07) is 26.5. The molecular weight excluding hydrogens is 374 g/mol. The number of hydrogen-bond acceptors (Lipinski definition) is 2. The number of nitrogens with one attached hydrogen (secondary N) is 2. The first-order chi connectivity index (χ1) is 14.7. The van der Waals surface area contributed by atoms with E-state index in [1.54, 1.807) is 24.3 Å². The fourth-order valence-electron chi connectivity index (χ4n) is 3.83. The lowest BCUT2D eigenvalue weighted by Crippen LogP contribution is -2.37. The second-order valence-corrected chi connectivity index (χ2v) is 7.50. The lowest BCUT2D eigenvalue weighted by atomic mass is 9.89. The van der Waals surface area contributed by atoms with Crippen molar-refractivity contribution in [2.75, 3.05) is 23.7 Å². The van der Waals surface area contributed by atoms with Gasteiger partial charge >= 0.3 is 6.03 Å². The van der Waals surface area contributed by atoms with Crippen LogP contribution in [-0.4, -0.2) is 29.9 Å². The largest absolute Gasteiger partial charge is 0.339 e. The highest BCUT2D eigenvalue weighted by atomic mass is 16.2. The van der Waals surface area contributed by atoms with Crippen LogP contribution in [0.25, 0.3) is 0 Å². The molecule has 0 aliphatic carbocycles. The van der Waals surface area contributed by atoms with Crippen LogP contribution in [0.2, 0.25) is 0 Å². The zero-order chi connectivity index (χ0) is 20.8. The fourth-order valence-corrected chi connectivity index (χ4v) is 3.83. The predicted octanol–water partition coefficient (Wildman–Crippen LogP) is 5.35. The number of carbonyl (C=O) groups excluding carboxylic acids is 2. The molecule has 0 radical (unpaired) electrons. The Labute approximate surface area is 176 Å². The van der Waals surface area contributed by atoms with Gasteiger partial charge in [0.2, 0.25) is 0 Å². The van der Waals surface area contributed by atoms with Crippen molar-refractivity contribution in [3.05, 3.63) is 96.1 Å². The maximum Gasteiger partial charge on any atom is 0.323 e. The van der Waals surface area contributed by atoms with Crippen molar-refractivity contribution >= 4 is 23.3 Å². The Morgan fingerprint density at radius 2 is 1.23 bits per heavy atom. The number of anilines is 2. The molecule has 0 spiro atoms. The Hall–Kier alpha value is -3.60. The smallest absolute Gasteiger partial charge is 0.323 e.